The Balaban J connectivity index is 5.06. The van der Waals surface area contributed by atoms with E-state index in [0.717, 1.165) is 6.42 Å². The summed E-state index contributed by atoms with van der Waals surface area (Å²) in [6.45, 7) is 8.68. The Labute approximate surface area is 103 Å². The molecule has 3 N–H and O–H groups in total. The summed E-state index contributed by atoms with van der Waals surface area (Å²) in [7, 11) is 0. The van der Waals surface area contributed by atoms with Crippen molar-refractivity contribution in [1.82, 2.24) is 4.90 Å². The minimum atomic E-state index is -1.03. The van der Waals surface area contributed by atoms with Crippen molar-refractivity contribution in [3.05, 3.63) is 0 Å². The van der Waals surface area contributed by atoms with E-state index in [1.165, 1.54) is 4.90 Å². The van der Waals surface area contributed by atoms with Crippen LogP contribution in [0.5, 0.6) is 0 Å². The Hall–Kier alpha value is -1.10. The van der Waals surface area contributed by atoms with Crippen molar-refractivity contribution in [2.75, 3.05) is 6.54 Å². The summed E-state index contributed by atoms with van der Waals surface area (Å²) in [5, 5.41) is 8.86. The SMILES string of the molecule is CCCC(C)(N)C(=O)N(CC(=O)O)C(C)(C)C. The van der Waals surface area contributed by atoms with Crippen LogP contribution in [0, 0.1) is 0 Å². The Morgan fingerprint density at radius 1 is 1.24 bits per heavy atom. The van der Waals surface area contributed by atoms with Gasteiger partial charge < -0.3 is 15.7 Å². The quantitative estimate of drug-likeness (QED) is 0.761. The van der Waals surface area contributed by atoms with Gasteiger partial charge in [-0.3, -0.25) is 9.59 Å². The molecule has 0 radical (unpaired) electrons. The third kappa shape index (κ3) is 4.73. The number of carboxylic acid groups (broad SMARTS) is 1. The van der Waals surface area contributed by atoms with E-state index in [1.807, 2.05) is 6.92 Å². The zero-order chi connectivity index (χ0) is 13.9. The highest BCUT2D eigenvalue weighted by atomic mass is 16.4. The number of hydrogen-bond donors (Lipinski definition) is 2. The fourth-order valence-corrected chi connectivity index (χ4v) is 1.68. The summed E-state index contributed by atoms with van der Waals surface area (Å²) >= 11 is 0. The summed E-state index contributed by atoms with van der Waals surface area (Å²) in [5.41, 5.74) is 4.41. The standard InChI is InChI=1S/C12H24N2O3/c1-6-7-12(5,13)10(17)14(8-9(15)16)11(2,3)4/h6-8,13H2,1-5H3,(H,15,16). The molecule has 0 fully saturated rings. The molecule has 0 saturated heterocycles. The van der Waals surface area contributed by atoms with Crippen LogP contribution in [0.3, 0.4) is 0 Å². The van der Waals surface area contributed by atoms with Gasteiger partial charge in [0.1, 0.15) is 6.54 Å². The fraction of sp³-hybridized carbons (Fsp3) is 0.833. The first-order chi connectivity index (χ1) is 7.52. The topological polar surface area (TPSA) is 83.6 Å². The van der Waals surface area contributed by atoms with Crippen molar-refractivity contribution in [3.63, 3.8) is 0 Å². The molecule has 0 aliphatic carbocycles. The molecule has 5 nitrogen and oxygen atoms in total. The van der Waals surface area contributed by atoms with Crippen LogP contribution >= 0.6 is 0 Å². The molecule has 0 aromatic carbocycles. The zero-order valence-corrected chi connectivity index (χ0v) is 11.4. The lowest BCUT2D eigenvalue weighted by atomic mass is 9.93. The second-order valence-electron chi connectivity index (χ2n) is 5.62. The van der Waals surface area contributed by atoms with Gasteiger partial charge in [-0.2, -0.15) is 0 Å². The molecule has 0 aliphatic heterocycles. The van der Waals surface area contributed by atoms with Crippen molar-refractivity contribution in [3.8, 4) is 0 Å². The maximum Gasteiger partial charge on any atom is 0.323 e. The Kier molecular flexibility index (Phi) is 5.13. The van der Waals surface area contributed by atoms with Gasteiger partial charge in [-0.25, -0.2) is 0 Å². The number of amides is 1. The highest BCUT2D eigenvalue weighted by Crippen LogP contribution is 2.20. The van der Waals surface area contributed by atoms with Crippen LogP contribution in [0.15, 0.2) is 0 Å². The number of hydrogen-bond acceptors (Lipinski definition) is 3. The first-order valence-corrected chi connectivity index (χ1v) is 5.85. The van der Waals surface area contributed by atoms with E-state index in [1.54, 1.807) is 27.7 Å². The van der Waals surface area contributed by atoms with Gasteiger partial charge >= 0.3 is 5.97 Å². The second kappa shape index (κ2) is 5.49. The molecule has 17 heavy (non-hydrogen) atoms. The van der Waals surface area contributed by atoms with E-state index in [9.17, 15) is 9.59 Å². The normalized spacial score (nSPS) is 15.2. The van der Waals surface area contributed by atoms with E-state index in [2.05, 4.69) is 0 Å². The highest BCUT2D eigenvalue weighted by Gasteiger charge is 2.37. The number of nitrogens with zero attached hydrogens (tertiary/aromatic N) is 1. The smallest absolute Gasteiger partial charge is 0.323 e. The molecule has 0 aromatic rings. The number of nitrogens with two attached hydrogens (primary N) is 1. The van der Waals surface area contributed by atoms with Gasteiger partial charge in [0.2, 0.25) is 5.91 Å². The van der Waals surface area contributed by atoms with Gasteiger partial charge in [0, 0.05) is 5.54 Å². The van der Waals surface area contributed by atoms with Gasteiger partial charge in [0.25, 0.3) is 0 Å². The van der Waals surface area contributed by atoms with Crippen molar-refractivity contribution >= 4 is 11.9 Å². The first kappa shape index (κ1) is 15.9. The summed E-state index contributed by atoms with van der Waals surface area (Å²) < 4.78 is 0. The molecular weight excluding hydrogens is 220 g/mol. The maximum atomic E-state index is 12.3. The molecule has 100 valence electrons. The largest absolute Gasteiger partial charge is 0.480 e. The second-order valence-corrected chi connectivity index (χ2v) is 5.62. The molecule has 1 unspecified atom stereocenters. The number of aliphatic carboxylic acids is 1. The van der Waals surface area contributed by atoms with Crippen LogP contribution < -0.4 is 5.73 Å². The number of carbonyl (C=O) groups is 2. The van der Waals surface area contributed by atoms with Gasteiger partial charge in [-0.15, -0.1) is 0 Å². The molecule has 1 atom stereocenters. The molecule has 0 heterocycles. The predicted octanol–water partition coefficient (Wildman–Crippen LogP) is 1.22. The van der Waals surface area contributed by atoms with Crippen molar-refractivity contribution < 1.29 is 14.7 Å². The van der Waals surface area contributed by atoms with Crippen LogP contribution in [0.1, 0.15) is 47.5 Å². The molecule has 0 bridgehead atoms. The van der Waals surface area contributed by atoms with E-state index in [-0.39, 0.29) is 12.5 Å². The minimum absolute atomic E-state index is 0.311. The average Bonchev–Trinajstić information content (AvgIpc) is 2.10. The molecule has 5 heteroatoms. The zero-order valence-electron chi connectivity index (χ0n) is 11.4. The van der Waals surface area contributed by atoms with Crippen LogP contribution in [0.4, 0.5) is 0 Å². The lowest BCUT2D eigenvalue weighted by molar-refractivity contribution is -0.151. The van der Waals surface area contributed by atoms with Gasteiger partial charge in [-0.1, -0.05) is 13.3 Å². The average molecular weight is 244 g/mol. The van der Waals surface area contributed by atoms with Crippen molar-refractivity contribution in [2.45, 2.75) is 58.5 Å². The van der Waals surface area contributed by atoms with Gasteiger partial charge in [0.15, 0.2) is 0 Å². The van der Waals surface area contributed by atoms with Gasteiger partial charge in [0.05, 0.1) is 5.54 Å². The summed E-state index contributed by atoms with van der Waals surface area (Å²) in [4.78, 5) is 24.4. The van der Waals surface area contributed by atoms with Crippen LogP contribution in [0.25, 0.3) is 0 Å². The third-order valence-electron chi connectivity index (χ3n) is 2.61. The summed E-state index contributed by atoms with van der Waals surface area (Å²) in [5.74, 6) is -1.34. The Morgan fingerprint density at radius 2 is 1.71 bits per heavy atom. The monoisotopic (exact) mass is 244 g/mol. The first-order valence-electron chi connectivity index (χ1n) is 5.85. The molecule has 0 aromatic heterocycles. The van der Waals surface area contributed by atoms with E-state index < -0.39 is 17.0 Å². The molecular formula is C12H24N2O3. The fourth-order valence-electron chi connectivity index (χ4n) is 1.68. The Bertz CT molecular complexity index is 293. The third-order valence-corrected chi connectivity index (χ3v) is 2.61. The lowest BCUT2D eigenvalue weighted by Crippen LogP contribution is -2.59. The van der Waals surface area contributed by atoms with Gasteiger partial charge in [-0.05, 0) is 34.1 Å². The number of carbonyl (C=O) groups excluding carboxylic acids is 1. The molecule has 1 amide bonds. The van der Waals surface area contributed by atoms with Crippen LogP contribution in [-0.2, 0) is 9.59 Å². The molecule has 0 aliphatic rings. The lowest BCUT2D eigenvalue weighted by Gasteiger charge is -2.39. The number of carboxylic acids is 1. The summed E-state index contributed by atoms with van der Waals surface area (Å²) in [6.07, 6.45) is 1.32. The van der Waals surface area contributed by atoms with E-state index in [4.69, 9.17) is 10.8 Å². The Morgan fingerprint density at radius 3 is 2.00 bits per heavy atom. The highest BCUT2D eigenvalue weighted by molar-refractivity contribution is 5.89. The predicted molar refractivity (Wildman–Crippen MR) is 66.6 cm³/mol. The molecule has 0 rings (SSSR count). The number of rotatable bonds is 5. The van der Waals surface area contributed by atoms with Crippen LogP contribution in [0.2, 0.25) is 0 Å². The van der Waals surface area contributed by atoms with Crippen LogP contribution in [-0.4, -0.2) is 39.5 Å². The molecule has 0 saturated carbocycles. The molecule has 0 spiro atoms. The van der Waals surface area contributed by atoms with E-state index >= 15 is 0 Å². The van der Waals surface area contributed by atoms with E-state index in [0.29, 0.717) is 6.42 Å². The van der Waals surface area contributed by atoms with Crippen molar-refractivity contribution in [1.29, 1.82) is 0 Å². The summed E-state index contributed by atoms with van der Waals surface area (Å²) in [6, 6.07) is 0. The van der Waals surface area contributed by atoms with Crippen molar-refractivity contribution in [2.24, 2.45) is 5.73 Å². The maximum absolute atomic E-state index is 12.3. The minimum Gasteiger partial charge on any atom is -0.480 e.